The van der Waals surface area contributed by atoms with Gasteiger partial charge < -0.3 is 10.6 Å². The summed E-state index contributed by atoms with van der Waals surface area (Å²) in [5.74, 6) is 0.746. The van der Waals surface area contributed by atoms with Crippen molar-refractivity contribution in [3.63, 3.8) is 0 Å². The molecule has 0 aliphatic rings. The van der Waals surface area contributed by atoms with Crippen molar-refractivity contribution in [3.8, 4) is 0 Å². The topological polar surface area (TPSA) is 100 Å². The molecule has 0 bridgehead atoms. The number of sulfonamides is 1. The number of benzene rings is 1. The summed E-state index contributed by atoms with van der Waals surface area (Å²) < 4.78 is 28.6. The van der Waals surface area contributed by atoms with Crippen LogP contribution in [-0.4, -0.2) is 43.3 Å². The van der Waals surface area contributed by atoms with Gasteiger partial charge in [0.25, 0.3) is 0 Å². The minimum Gasteiger partial charge on any atom is -0.357 e. The molecule has 29 heavy (non-hydrogen) atoms. The first-order chi connectivity index (χ1) is 13.9. The van der Waals surface area contributed by atoms with Crippen LogP contribution in [0.5, 0.6) is 0 Å². The second kappa shape index (κ2) is 11.6. The first-order valence-electron chi connectivity index (χ1n) is 9.95. The second-order valence-corrected chi connectivity index (χ2v) is 8.85. The highest BCUT2D eigenvalue weighted by Crippen LogP contribution is 2.09. The standard InChI is InChI=1S/C20H32N6O2S/c1-4-21-20(22-11-5-13-26-14-6-12-24-26)23-15-18-7-9-19(10-8-18)16-29(27,28)25-17(2)3/h6-10,12,14,17,25H,4-5,11,13,15-16H2,1-3H3,(H2,21,22,23). The van der Waals surface area contributed by atoms with Crippen molar-refractivity contribution in [2.45, 2.75) is 52.1 Å². The molecule has 0 aliphatic carbocycles. The summed E-state index contributed by atoms with van der Waals surface area (Å²) in [5.41, 5.74) is 1.78. The maximum Gasteiger partial charge on any atom is 0.216 e. The predicted octanol–water partition coefficient (Wildman–Crippen LogP) is 1.86. The molecule has 9 heteroatoms. The van der Waals surface area contributed by atoms with Crippen molar-refractivity contribution in [1.82, 2.24) is 25.1 Å². The fourth-order valence-electron chi connectivity index (χ4n) is 2.75. The van der Waals surface area contributed by atoms with E-state index in [0.29, 0.717) is 6.54 Å². The second-order valence-electron chi connectivity index (χ2n) is 7.09. The number of hydrogen-bond acceptors (Lipinski definition) is 4. The SMILES string of the molecule is CCNC(=NCc1ccc(CS(=O)(=O)NC(C)C)cc1)NCCCn1cccn1. The number of nitrogens with zero attached hydrogens (tertiary/aromatic N) is 3. The summed E-state index contributed by atoms with van der Waals surface area (Å²) in [6.07, 6.45) is 4.67. The molecule has 0 spiro atoms. The molecule has 1 aromatic carbocycles. The summed E-state index contributed by atoms with van der Waals surface area (Å²) in [6.45, 7) is 8.61. The number of aryl methyl sites for hydroxylation is 1. The van der Waals surface area contributed by atoms with E-state index in [9.17, 15) is 8.42 Å². The van der Waals surface area contributed by atoms with Crippen molar-refractivity contribution in [1.29, 1.82) is 0 Å². The van der Waals surface area contributed by atoms with Gasteiger partial charge in [-0.05, 0) is 44.4 Å². The summed E-state index contributed by atoms with van der Waals surface area (Å²) >= 11 is 0. The van der Waals surface area contributed by atoms with Gasteiger partial charge in [0.1, 0.15) is 0 Å². The van der Waals surface area contributed by atoms with E-state index < -0.39 is 10.0 Å². The lowest BCUT2D eigenvalue weighted by molar-refractivity contribution is 0.569. The van der Waals surface area contributed by atoms with E-state index in [2.05, 4.69) is 25.4 Å². The molecule has 8 nitrogen and oxygen atoms in total. The molecule has 0 unspecified atom stereocenters. The third-order valence-corrected chi connectivity index (χ3v) is 5.52. The van der Waals surface area contributed by atoms with Crippen molar-refractivity contribution in [2.75, 3.05) is 13.1 Å². The largest absolute Gasteiger partial charge is 0.357 e. The monoisotopic (exact) mass is 420 g/mol. The number of aromatic nitrogens is 2. The third-order valence-electron chi connectivity index (χ3n) is 3.97. The van der Waals surface area contributed by atoms with Gasteiger partial charge in [0.15, 0.2) is 5.96 Å². The summed E-state index contributed by atoms with van der Waals surface area (Å²) in [6, 6.07) is 9.34. The number of hydrogen-bond donors (Lipinski definition) is 3. The minimum absolute atomic E-state index is 0.0187. The third kappa shape index (κ3) is 9.10. The number of aliphatic imine (C=N–C) groups is 1. The van der Waals surface area contributed by atoms with Crippen molar-refractivity contribution in [2.24, 2.45) is 4.99 Å². The van der Waals surface area contributed by atoms with E-state index in [1.165, 1.54) is 0 Å². The zero-order chi connectivity index (χ0) is 21.1. The van der Waals surface area contributed by atoms with Crippen molar-refractivity contribution < 1.29 is 8.42 Å². The molecular formula is C20H32N6O2S. The summed E-state index contributed by atoms with van der Waals surface area (Å²) in [5, 5.41) is 10.7. The Morgan fingerprint density at radius 1 is 1.17 bits per heavy atom. The summed E-state index contributed by atoms with van der Waals surface area (Å²) in [7, 11) is -3.31. The number of rotatable bonds is 11. The molecule has 0 aliphatic heterocycles. The van der Waals surface area contributed by atoms with Gasteiger partial charge in [-0.1, -0.05) is 24.3 Å². The first kappa shape index (κ1) is 22.9. The van der Waals surface area contributed by atoms with E-state index in [0.717, 1.165) is 43.1 Å². The van der Waals surface area contributed by atoms with Crippen molar-refractivity contribution >= 4 is 16.0 Å². The van der Waals surface area contributed by atoms with Crippen LogP contribution in [0.1, 0.15) is 38.3 Å². The molecule has 0 saturated heterocycles. The molecule has 3 N–H and O–H groups in total. The van der Waals surface area contributed by atoms with E-state index in [1.807, 2.05) is 62.0 Å². The van der Waals surface area contributed by atoms with E-state index in [-0.39, 0.29) is 11.8 Å². The van der Waals surface area contributed by atoms with E-state index in [4.69, 9.17) is 0 Å². The van der Waals surface area contributed by atoms with Gasteiger partial charge in [-0.25, -0.2) is 18.1 Å². The average molecular weight is 421 g/mol. The Morgan fingerprint density at radius 3 is 2.52 bits per heavy atom. The van der Waals surface area contributed by atoms with Crippen molar-refractivity contribution in [3.05, 3.63) is 53.9 Å². The van der Waals surface area contributed by atoms with Crippen LogP contribution in [0.25, 0.3) is 0 Å². The van der Waals surface area contributed by atoms with Crippen LogP contribution in [0.15, 0.2) is 47.7 Å². The highest BCUT2D eigenvalue weighted by molar-refractivity contribution is 7.88. The van der Waals surface area contributed by atoms with Crippen LogP contribution in [-0.2, 0) is 28.9 Å². The van der Waals surface area contributed by atoms with Gasteiger partial charge in [0, 0.05) is 38.1 Å². The Hall–Kier alpha value is -2.39. The number of guanidine groups is 1. The quantitative estimate of drug-likeness (QED) is 0.293. The molecule has 0 fully saturated rings. The molecule has 0 amide bonds. The van der Waals surface area contributed by atoms with Crippen LogP contribution < -0.4 is 15.4 Å². The van der Waals surface area contributed by atoms with E-state index >= 15 is 0 Å². The zero-order valence-corrected chi connectivity index (χ0v) is 18.2. The zero-order valence-electron chi connectivity index (χ0n) is 17.4. The maximum atomic E-state index is 12.0. The Bertz CT molecular complexity index is 846. The first-order valence-corrected chi connectivity index (χ1v) is 11.6. The maximum absolute atomic E-state index is 12.0. The highest BCUT2D eigenvalue weighted by Gasteiger charge is 2.12. The van der Waals surface area contributed by atoms with E-state index in [1.54, 1.807) is 6.20 Å². The minimum atomic E-state index is -3.31. The molecule has 0 saturated carbocycles. The van der Waals surface area contributed by atoms with Gasteiger partial charge in [0.05, 0.1) is 12.3 Å². The van der Waals surface area contributed by atoms with Gasteiger partial charge in [-0.15, -0.1) is 0 Å². The van der Waals surface area contributed by atoms with Gasteiger partial charge in [-0.3, -0.25) is 4.68 Å². The predicted molar refractivity (Wildman–Crippen MR) is 117 cm³/mol. The normalized spacial score (nSPS) is 12.3. The fraction of sp³-hybridized carbons (Fsp3) is 0.500. The van der Waals surface area contributed by atoms with Crippen LogP contribution in [0.4, 0.5) is 0 Å². The fourth-order valence-corrected chi connectivity index (χ4v) is 4.19. The molecule has 0 radical (unpaired) electrons. The molecular weight excluding hydrogens is 388 g/mol. The Balaban J connectivity index is 1.84. The summed E-state index contributed by atoms with van der Waals surface area (Å²) in [4.78, 5) is 4.60. The Labute approximate surface area is 173 Å². The average Bonchev–Trinajstić information content (AvgIpc) is 3.16. The number of nitrogens with one attached hydrogen (secondary N) is 3. The lowest BCUT2D eigenvalue weighted by atomic mass is 10.1. The van der Waals surface area contributed by atoms with Crippen LogP contribution >= 0.6 is 0 Å². The lowest BCUT2D eigenvalue weighted by Crippen LogP contribution is -2.38. The van der Waals surface area contributed by atoms with Gasteiger partial charge in [-0.2, -0.15) is 5.10 Å². The molecule has 2 rings (SSSR count). The lowest BCUT2D eigenvalue weighted by Gasteiger charge is -2.12. The van der Waals surface area contributed by atoms with Crippen LogP contribution in [0.2, 0.25) is 0 Å². The Kier molecular flexibility index (Phi) is 9.14. The molecule has 1 aromatic heterocycles. The van der Waals surface area contributed by atoms with Gasteiger partial charge >= 0.3 is 0 Å². The molecule has 2 aromatic rings. The highest BCUT2D eigenvalue weighted by atomic mass is 32.2. The molecule has 1 heterocycles. The van der Waals surface area contributed by atoms with Crippen LogP contribution in [0, 0.1) is 0 Å². The Morgan fingerprint density at radius 2 is 1.90 bits per heavy atom. The van der Waals surface area contributed by atoms with Gasteiger partial charge in [0.2, 0.25) is 10.0 Å². The molecule has 160 valence electrons. The smallest absolute Gasteiger partial charge is 0.216 e. The molecule has 0 atom stereocenters. The van der Waals surface area contributed by atoms with Crippen LogP contribution in [0.3, 0.4) is 0 Å².